The molecule has 2 amide bonds. The van der Waals surface area contributed by atoms with Gasteiger partial charge >= 0.3 is 0 Å². The quantitative estimate of drug-likeness (QED) is 0.695. The molecular weight excluding hydrogens is 370 g/mol. The summed E-state index contributed by atoms with van der Waals surface area (Å²) < 4.78 is 0. The number of carbonyl (C=O) groups excluding carboxylic acids is 2. The molecule has 4 rings (SSSR count). The molecule has 0 spiro atoms. The summed E-state index contributed by atoms with van der Waals surface area (Å²) in [6.45, 7) is 1.29. The van der Waals surface area contributed by atoms with Crippen LogP contribution in [0.15, 0.2) is 60.0 Å². The molecule has 28 heavy (non-hydrogen) atoms. The van der Waals surface area contributed by atoms with Crippen molar-refractivity contribution in [2.45, 2.75) is 25.8 Å². The Bertz CT molecular complexity index is 984. The molecule has 1 aliphatic heterocycles. The van der Waals surface area contributed by atoms with Crippen LogP contribution < -0.4 is 10.2 Å². The molecule has 1 saturated heterocycles. The lowest BCUT2D eigenvalue weighted by Gasteiger charge is -2.16. The molecule has 0 aliphatic carbocycles. The molecule has 0 unspecified atom stereocenters. The predicted molar refractivity (Wildman–Crippen MR) is 111 cm³/mol. The molecule has 1 N–H and O–H groups in total. The number of anilines is 1. The lowest BCUT2D eigenvalue weighted by Crippen LogP contribution is -2.24. The van der Waals surface area contributed by atoms with Gasteiger partial charge in [0.2, 0.25) is 11.8 Å². The van der Waals surface area contributed by atoms with Crippen LogP contribution in [0.3, 0.4) is 0 Å². The summed E-state index contributed by atoms with van der Waals surface area (Å²) >= 11 is 1.48. The number of nitrogens with one attached hydrogen (secondary N) is 1. The molecule has 1 aromatic heterocycles. The van der Waals surface area contributed by atoms with Gasteiger partial charge < -0.3 is 10.2 Å². The second-order valence-electron chi connectivity index (χ2n) is 6.76. The molecule has 0 atom stereocenters. The zero-order chi connectivity index (χ0) is 19.3. The van der Waals surface area contributed by atoms with Crippen LogP contribution in [0.2, 0.25) is 0 Å². The van der Waals surface area contributed by atoms with Crippen LogP contribution in [0, 0.1) is 0 Å². The number of rotatable bonds is 6. The fraction of sp³-hybridized carbons (Fsp3) is 0.227. The van der Waals surface area contributed by atoms with Crippen LogP contribution in [0.4, 0.5) is 5.69 Å². The number of carbonyl (C=O) groups is 2. The average Bonchev–Trinajstić information content (AvgIpc) is 3.36. The van der Waals surface area contributed by atoms with E-state index in [2.05, 4.69) is 10.3 Å². The van der Waals surface area contributed by atoms with Crippen LogP contribution in [0.5, 0.6) is 0 Å². The minimum absolute atomic E-state index is 0.0406. The van der Waals surface area contributed by atoms with Crippen LogP contribution in [0.25, 0.3) is 11.3 Å². The standard InChI is InChI=1S/C22H21N3O2S/c26-20(23-14-16-6-2-1-3-7-16)13-21-24-19(15-28-21)17-8-4-9-18(12-17)25-11-5-10-22(25)27/h1-4,6-9,12,15H,5,10-11,13-14H2,(H,23,26). The maximum absolute atomic E-state index is 12.2. The number of amides is 2. The average molecular weight is 391 g/mol. The highest BCUT2D eigenvalue weighted by Crippen LogP contribution is 2.28. The minimum Gasteiger partial charge on any atom is -0.352 e. The van der Waals surface area contributed by atoms with Gasteiger partial charge in [0, 0.05) is 36.1 Å². The van der Waals surface area contributed by atoms with Gasteiger partial charge in [-0.1, -0.05) is 42.5 Å². The molecule has 6 heteroatoms. The van der Waals surface area contributed by atoms with E-state index in [1.165, 1.54) is 11.3 Å². The van der Waals surface area contributed by atoms with Crippen molar-refractivity contribution >= 4 is 28.8 Å². The molecule has 1 fully saturated rings. The van der Waals surface area contributed by atoms with Crippen LogP contribution >= 0.6 is 11.3 Å². The molecule has 142 valence electrons. The number of nitrogens with zero attached hydrogens (tertiary/aromatic N) is 2. The second-order valence-corrected chi connectivity index (χ2v) is 7.71. The first-order chi connectivity index (χ1) is 13.7. The van der Waals surface area contributed by atoms with E-state index in [9.17, 15) is 9.59 Å². The van der Waals surface area contributed by atoms with Gasteiger partial charge in [0.05, 0.1) is 12.1 Å². The summed E-state index contributed by atoms with van der Waals surface area (Å²) in [5.74, 6) is 0.132. The van der Waals surface area contributed by atoms with Gasteiger partial charge in [0.25, 0.3) is 0 Å². The van der Waals surface area contributed by atoms with Crippen molar-refractivity contribution in [3.8, 4) is 11.3 Å². The lowest BCUT2D eigenvalue weighted by atomic mass is 10.1. The summed E-state index contributed by atoms with van der Waals surface area (Å²) in [6.07, 6.45) is 1.78. The van der Waals surface area contributed by atoms with E-state index >= 15 is 0 Å². The van der Waals surface area contributed by atoms with Gasteiger partial charge in [0.15, 0.2) is 0 Å². The number of hydrogen-bond donors (Lipinski definition) is 1. The molecule has 2 aromatic carbocycles. The Hall–Kier alpha value is -2.99. The molecule has 2 heterocycles. The largest absolute Gasteiger partial charge is 0.352 e. The SMILES string of the molecule is O=C(Cc1nc(-c2cccc(N3CCCC3=O)c2)cs1)NCc1ccccc1. The summed E-state index contributed by atoms with van der Waals surface area (Å²) in [5.41, 5.74) is 3.79. The molecule has 0 saturated carbocycles. The molecule has 1 aliphatic rings. The van der Waals surface area contributed by atoms with E-state index in [-0.39, 0.29) is 18.2 Å². The summed E-state index contributed by atoms with van der Waals surface area (Å²) in [4.78, 5) is 30.6. The van der Waals surface area contributed by atoms with Gasteiger partial charge in [-0.15, -0.1) is 11.3 Å². The third-order valence-corrected chi connectivity index (χ3v) is 5.57. The predicted octanol–water partition coefficient (Wildman–Crippen LogP) is 3.80. The van der Waals surface area contributed by atoms with Crippen molar-refractivity contribution in [3.05, 3.63) is 70.5 Å². The van der Waals surface area contributed by atoms with E-state index in [0.29, 0.717) is 13.0 Å². The zero-order valence-corrected chi connectivity index (χ0v) is 16.2. The second kappa shape index (κ2) is 8.35. The number of hydrogen-bond acceptors (Lipinski definition) is 4. The number of benzene rings is 2. The Labute approximate surface area is 168 Å². The van der Waals surface area contributed by atoms with Gasteiger partial charge in [-0.3, -0.25) is 9.59 Å². The van der Waals surface area contributed by atoms with Crippen molar-refractivity contribution in [3.63, 3.8) is 0 Å². The first kappa shape index (κ1) is 18.4. The molecule has 5 nitrogen and oxygen atoms in total. The Balaban J connectivity index is 1.40. The molecular formula is C22H21N3O2S. The van der Waals surface area contributed by atoms with Gasteiger partial charge in [-0.05, 0) is 24.1 Å². The summed E-state index contributed by atoms with van der Waals surface area (Å²) in [5, 5.41) is 5.67. The van der Waals surface area contributed by atoms with Crippen molar-refractivity contribution in [2.24, 2.45) is 0 Å². The Morgan fingerprint density at radius 3 is 2.79 bits per heavy atom. The Kier molecular flexibility index (Phi) is 5.48. The third-order valence-electron chi connectivity index (χ3n) is 4.72. The van der Waals surface area contributed by atoms with Gasteiger partial charge in [-0.2, -0.15) is 0 Å². The molecule has 0 bridgehead atoms. The van der Waals surface area contributed by atoms with Gasteiger partial charge in [0.1, 0.15) is 5.01 Å². The monoisotopic (exact) mass is 391 g/mol. The van der Waals surface area contributed by atoms with E-state index in [4.69, 9.17) is 0 Å². The highest BCUT2D eigenvalue weighted by molar-refractivity contribution is 7.10. The van der Waals surface area contributed by atoms with Crippen molar-refractivity contribution in [1.29, 1.82) is 0 Å². The fourth-order valence-electron chi connectivity index (χ4n) is 3.28. The zero-order valence-electron chi connectivity index (χ0n) is 15.4. The number of thiazole rings is 1. The van der Waals surface area contributed by atoms with Crippen LogP contribution in [-0.2, 0) is 22.6 Å². The first-order valence-electron chi connectivity index (χ1n) is 9.35. The third kappa shape index (κ3) is 4.28. The molecule has 0 radical (unpaired) electrons. The summed E-state index contributed by atoms with van der Waals surface area (Å²) in [6, 6.07) is 17.7. The highest BCUT2D eigenvalue weighted by atomic mass is 32.1. The fourth-order valence-corrected chi connectivity index (χ4v) is 4.08. The normalized spacial score (nSPS) is 13.7. The Morgan fingerprint density at radius 1 is 1.14 bits per heavy atom. The smallest absolute Gasteiger partial charge is 0.227 e. The maximum Gasteiger partial charge on any atom is 0.227 e. The summed E-state index contributed by atoms with van der Waals surface area (Å²) in [7, 11) is 0. The topological polar surface area (TPSA) is 62.3 Å². The Morgan fingerprint density at radius 2 is 2.00 bits per heavy atom. The van der Waals surface area contributed by atoms with Crippen molar-refractivity contribution in [2.75, 3.05) is 11.4 Å². The van der Waals surface area contributed by atoms with Gasteiger partial charge in [-0.25, -0.2) is 4.98 Å². The van der Waals surface area contributed by atoms with Crippen LogP contribution in [-0.4, -0.2) is 23.3 Å². The lowest BCUT2D eigenvalue weighted by molar-refractivity contribution is -0.120. The van der Waals surface area contributed by atoms with E-state index in [1.54, 1.807) is 0 Å². The van der Waals surface area contributed by atoms with Crippen LogP contribution in [0.1, 0.15) is 23.4 Å². The minimum atomic E-state index is -0.0406. The van der Waals surface area contributed by atoms with Crippen molar-refractivity contribution < 1.29 is 9.59 Å². The van der Waals surface area contributed by atoms with E-state index in [0.717, 1.165) is 40.5 Å². The molecule has 3 aromatic rings. The first-order valence-corrected chi connectivity index (χ1v) is 10.2. The highest BCUT2D eigenvalue weighted by Gasteiger charge is 2.22. The van der Waals surface area contributed by atoms with E-state index < -0.39 is 0 Å². The number of aromatic nitrogens is 1. The van der Waals surface area contributed by atoms with Crippen molar-refractivity contribution in [1.82, 2.24) is 10.3 Å². The van der Waals surface area contributed by atoms with E-state index in [1.807, 2.05) is 64.9 Å². The maximum atomic E-state index is 12.2.